The van der Waals surface area contributed by atoms with Crippen molar-refractivity contribution in [2.75, 3.05) is 18.4 Å². The smallest absolute Gasteiger partial charge is 0.255 e. The molecule has 1 aliphatic heterocycles. The van der Waals surface area contributed by atoms with E-state index in [1.807, 2.05) is 24.3 Å². The van der Waals surface area contributed by atoms with Crippen LogP contribution in [0.5, 0.6) is 0 Å². The first-order valence-corrected chi connectivity index (χ1v) is 12.0. The van der Waals surface area contributed by atoms with Gasteiger partial charge in [0.2, 0.25) is 10.0 Å². The molecule has 1 unspecified atom stereocenters. The molecule has 0 aromatic heterocycles. The average Bonchev–Trinajstić information content (AvgIpc) is 2.69. The molecule has 2 N–H and O–H groups in total. The number of nitrogens with zero attached hydrogens (tertiary/aromatic N) is 1. The van der Waals surface area contributed by atoms with E-state index in [1.54, 1.807) is 13.8 Å². The van der Waals surface area contributed by atoms with Crippen molar-refractivity contribution < 1.29 is 13.2 Å². The zero-order chi connectivity index (χ0) is 21.7. The maximum absolute atomic E-state index is 12.5. The molecule has 7 heteroatoms. The average molecular weight is 430 g/mol. The van der Waals surface area contributed by atoms with E-state index < -0.39 is 10.0 Å². The number of hydrogen-bond acceptors (Lipinski definition) is 4. The van der Waals surface area contributed by atoms with E-state index in [2.05, 4.69) is 21.9 Å². The Hall–Kier alpha value is -2.22. The summed E-state index contributed by atoms with van der Waals surface area (Å²) in [6.07, 6.45) is 2.56. The Balaban J connectivity index is 1.59. The van der Waals surface area contributed by atoms with Crippen molar-refractivity contribution in [2.24, 2.45) is 5.92 Å². The van der Waals surface area contributed by atoms with Crippen LogP contribution in [0.3, 0.4) is 0 Å². The van der Waals surface area contributed by atoms with Crippen molar-refractivity contribution in [3.8, 4) is 0 Å². The van der Waals surface area contributed by atoms with Gasteiger partial charge in [-0.3, -0.25) is 9.69 Å². The lowest BCUT2D eigenvalue weighted by atomic mass is 10.00. The SMILES string of the molecule is CC1CCCN(Cc2ccc(NC(=O)c3ccc(S(=O)(=O)NC(C)C)cc3)cc2)C1. The van der Waals surface area contributed by atoms with Crippen molar-refractivity contribution in [1.29, 1.82) is 0 Å². The van der Waals surface area contributed by atoms with Crippen LogP contribution in [-0.4, -0.2) is 38.4 Å². The highest BCUT2D eigenvalue weighted by Gasteiger charge is 2.17. The molecule has 3 rings (SSSR count). The summed E-state index contributed by atoms with van der Waals surface area (Å²) in [5.74, 6) is 0.480. The number of benzene rings is 2. The minimum absolute atomic E-state index is 0.143. The van der Waals surface area contributed by atoms with Crippen LogP contribution >= 0.6 is 0 Å². The summed E-state index contributed by atoms with van der Waals surface area (Å²) >= 11 is 0. The second kappa shape index (κ2) is 9.73. The van der Waals surface area contributed by atoms with E-state index in [-0.39, 0.29) is 16.8 Å². The molecule has 1 amide bonds. The number of hydrogen-bond donors (Lipinski definition) is 2. The lowest BCUT2D eigenvalue weighted by Gasteiger charge is -2.30. The lowest BCUT2D eigenvalue weighted by molar-refractivity contribution is 0.102. The number of likely N-dealkylation sites (tertiary alicyclic amines) is 1. The summed E-state index contributed by atoms with van der Waals surface area (Å²) in [5.41, 5.74) is 2.35. The van der Waals surface area contributed by atoms with Crippen LogP contribution in [0.2, 0.25) is 0 Å². The molecule has 0 saturated carbocycles. The van der Waals surface area contributed by atoms with Crippen molar-refractivity contribution in [3.63, 3.8) is 0 Å². The van der Waals surface area contributed by atoms with Crippen LogP contribution in [-0.2, 0) is 16.6 Å². The van der Waals surface area contributed by atoms with Crippen LogP contribution in [0, 0.1) is 5.92 Å². The molecule has 2 aromatic carbocycles. The zero-order valence-corrected chi connectivity index (χ0v) is 18.7. The van der Waals surface area contributed by atoms with E-state index in [0.717, 1.165) is 25.6 Å². The fourth-order valence-corrected chi connectivity index (χ4v) is 5.00. The maximum Gasteiger partial charge on any atom is 0.255 e. The Morgan fingerprint density at radius 2 is 1.77 bits per heavy atom. The second-order valence-electron chi connectivity index (χ2n) is 8.43. The standard InChI is InChI=1S/C23H31N3O3S/c1-17(2)25-30(28,29)22-12-8-20(9-13-22)23(27)24-21-10-6-19(7-11-21)16-26-14-4-5-18(3)15-26/h6-13,17-18,25H,4-5,14-16H2,1-3H3,(H,24,27). The number of carbonyl (C=O) groups excluding carboxylic acids is 1. The molecular formula is C23H31N3O3S. The van der Waals surface area contributed by atoms with E-state index in [1.165, 1.54) is 42.7 Å². The zero-order valence-electron chi connectivity index (χ0n) is 17.9. The predicted molar refractivity (Wildman–Crippen MR) is 120 cm³/mol. The third-order valence-electron chi connectivity index (χ3n) is 5.18. The second-order valence-corrected chi connectivity index (χ2v) is 10.1. The molecule has 30 heavy (non-hydrogen) atoms. The number of nitrogens with one attached hydrogen (secondary N) is 2. The minimum atomic E-state index is -3.57. The van der Waals surface area contributed by atoms with Gasteiger partial charge in [-0.25, -0.2) is 13.1 Å². The largest absolute Gasteiger partial charge is 0.322 e. The van der Waals surface area contributed by atoms with Crippen LogP contribution in [0.4, 0.5) is 5.69 Å². The Labute approximate surface area is 179 Å². The summed E-state index contributed by atoms with van der Waals surface area (Å²) < 4.78 is 26.9. The van der Waals surface area contributed by atoms with E-state index in [9.17, 15) is 13.2 Å². The molecular weight excluding hydrogens is 398 g/mol. The molecule has 1 aliphatic rings. The van der Waals surface area contributed by atoms with Gasteiger partial charge in [0.25, 0.3) is 5.91 Å². The summed E-state index contributed by atoms with van der Waals surface area (Å²) in [7, 11) is -3.57. The van der Waals surface area contributed by atoms with Gasteiger partial charge in [0.1, 0.15) is 0 Å². The van der Waals surface area contributed by atoms with Gasteiger partial charge in [0.05, 0.1) is 4.90 Å². The van der Waals surface area contributed by atoms with Crippen molar-refractivity contribution in [2.45, 2.75) is 51.1 Å². The van der Waals surface area contributed by atoms with Gasteiger partial charge in [-0.1, -0.05) is 19.1 Å². The molecule has 6 nitrogen and oxygen atoms in total. The predicted octanol–water partition coefficient (Wildman–Crippen LogP) is 3.86. The van der Waals surface area contributed by atoms with E-state index >= 15 is 0 Å². The number of rotatable bonds is 7. The molecule has 0 radical (unpaired) electrons. The normalized spacial score (nSPS) is 17.8. The quantitative estimate of drug-likeness (QED) is 0.701. The number of amides is 1. The molecule has 0 aliphatic carbocycles. The van der Waals surface area contributed by atoms with Gasteiger partial charge < -0.3 is 5.32 Å². The lowest BCUT2D eigenvalue weighted by Crippen LogP contribution is -2.33. The summed E-state index contributed by atoms with van der Waals surface area (Å²) in [4.78, 5) is 15.1. The Morgan fingerprint density at radius 3 is 2.37 bits per heavy atom. The third kappa shape index (κ3) is 6.14. The van der Waals surface area contributed by atoms with Crippen molar-refractivity contribution >= 4 is 21.6 Å². The molecule has 1 fully saturated rings. The van der Waals surface area contributed by atoms with Crippen LogP contribution in [0.1, 0.15) is 49.5 Å². The monoisotopic (exact) mass is 429 g/mol. The van der Waals surface area contributed by atoms with Gasteiger partial charge in [-0.15, -0.1) is 0 Å². The fourth-order valence-electron chi connectivity index (χ4n) is 3.75. The number of piperidine rings is 1. The highest BCUT2D eigenvalue weighted by molar-refractivity contribution is 7.89. The third-order valence-corrected chi connectivity index (χ3v) is 6.85. The van der Waals surface area contributed by atoms with Gasteiger partial charge >= 0.3 is 0 Å². The summed E-state index contributed by atoms with van der Waals surface area (Å²) in [6, 6.07) is 13.7. The van der Waals surface area contributed by atoms with Crippen LogP contribution < -0.4 is 10.0 Å². The molecule has 1 saturated heterocycles. The number of carbonyl (C=O) groups is 1. The van der Waals surface area contributed by atoms with Gasteiger partial charge in [0, 0.05) is 30.4 Å². The molecule has 1 atom stereocenters. The first-order chi connectivity index (χ1) is 14.2. The summed E-state index contributed by atoms with van der Waals surface area (Å²) in [5, 5.41) is 2.87. The minimum Gasteiger partial charge on any atom is -0.322 e. The highest BCUT2D eigenvalue weighted by Crippen LogP contribution is 2.19. The molecule has 2 aromatic rings. The number of sulfonamides is 1. The van der Waals surface area contributed by atoms with E-state index in [0.29, 0.717) is 11.3 Å². The van der Waals surface area contributed by atoms with Crippen molar-refractivity contribution in [1.82, 2.24) is 9.62 Å². The molecule has 0 bridgehead atoms. The Kier molecular flexibility index (Phi) is 7.28. The molecule has 162 valence electrons. The summed E-state index contributed by atoms with van der Waals surface area (Å²) in [6.45, 7) is 9.03. The first kappa shape index (κ1) is 22.5. The highest BCUT2D eigenvalue weighted by atomic mass is 32.2. The van der Waals surface area contributed by atoms with Gasteiger partial charge in [-0.2, -0.15) is 0 Å². The van der Waals surface area contributed by atoms with Crippen LogP contribution in [0.25, 0.3) is 0 Å². The Bertz CT molecular complexity index is 954. The van der Waals surface area contributed by atoms with Gasteiger partial charge in [0.15, 0.2) is 0 Å². The first-order valence-electron chi connectivity index (χ1n) is 10.5. The van der Waals surface area contributed by atoms with Crippen molar-refractivity contribution in [3.05, 3.63) is 59.7 Å². The molecule has 1 heterocycles. The number of anilines is 1. The van der Waals surface area contributed by atoms with Crippen LogP contribution in [0.15, 0.2) is 53.4 Å². The van der Waals surface area contributed by atoms with E-state index in [4.69, 9.17) is 0 Å². The van der Waals surface area contributed by atoms with Gasteiger partial charge in [-0.05, 0) is 81.1 Å². The molecule has 0 spiro atoms. The topological polar surface area (TPSA) is 78.5 Å². The maximum atomic E-state index is 12.5. The fraction of sp³-hybridized carbons (Fsp3) is 0.435. The Morgan fingerprint density at radius 1 is 1.10 bits per heavy atom.